The quantitative estimate of drug-likeness (QED) is 0.679. The van der Waals surface area contributed by atoms with Crippen molar-refractivity contribution in [3.8, 4) is 5.75 Å². The monoisotopic (exact) mass is 194 g/mol. The number of thioether (sulfide) groups is 1. The molecule has 0 spiro atoms. The second kappa shape index (κ2) is 4.97. The number of hydrogen-bond donors (Lipinski definition) is 0. The van der Waals surface area contributed by atoms with Gasteiger partial charge in [-0.3, -0.25) is 0 Å². The fraction of sp³-hybridized carbons (Fsp3) is 0.273. The molecule has 0 aliphatic rings. The molecule has 0 N–H and O–H groups in total. The molecule has 0 bridgehead atoms. The molecule has 0 saturated carbocycles. The van der Waals surface area contributed by atoms with E-state index in [1.54, 1.807) is 11.8 Å². The molecule has 0 saturated heterocycles. The van der Waals surface area contributed by atoms with Crippen molar-refractivity contribution in [1.82, 2.24) is 0 Å². The van der Waals surface area contributed by atoms with Crippen LogP contribution < -0.4 is 4.74 Å². The lowest BCUT2D eigenvalue weighted by atomic mass is 10.2. The molecular weight excluding hydrogens is 180 g/mol. The van der Waals surface area contributed by atoms with Crippen molar-refractivity contribution in [2.45, 2.75) is 11.8 Å². The van der Waals surface area contributed by atoms with E-state index in [0.717, 1.165) is 11.3 Å². The first-order chi connectivity index (χ1) is 6.30. The third-order valence-corrected chi connectivity index (χ3v) is 2.39. The second-order valence-corrected chi connectivity index (χ2v) is 3.46. The van der Waals surface area contributed by atoms with E-state index >= 15 is 0 Å². The van der Waals surface area contributed by atoms with Gasteiger partial charge in [0, 0.05) is 4.90 Å². The van der Waals surface area contributed by atoms with Crippen LogP contribution in [-0.4, -0.2) is 12.9 Å². The first-order valence-electron chi connectivity index (χ1n) is 4.24. The number of benzene rings is 1. The van der Waals surface area contributed by atoms with E-state index < -0.39 is 0 Å². The van der Waals surface area contributed by atoms with Gasteiger partial charge < -0.3 is 4.74 Å². The molecular formula is C11H14OS. The molecule has 1 nitrogen and oxygen atoms in total. The molecule has 0 aliphatic heterocycles. The molecule has 70 valence electrons. The maximum Gasteiger partial charge on any atom is 0.120 e. The highest BCUT2D eigenvalue weighted by Gasteiger charge is 1.98. The molecule has 0 fully saturated rings. The number of rotatable bonds is 4. The molecule has 0 atom stereocenters. The van der Waals surface area contributed by atoms with E-state index in [-0.39, 0.29) is 0 Å². The first-order valence-corrected chi connectivity index (χ1v) is 5.47. The van der Waals surface area contributed by atoms with Crippen LogP contribution in [0.25, 0.3) is 6.08 Å². The van der Waals surface area contributed by atoms with Gasteiger partial charge in [0.05, 0.1) is 6.61 Å². The summed E-state index contributed by atoms with van der Waals surface area (Å²) in [4.78, 5) is 1.21. The minimum Gasteiger partial charge on any atom is -0.494 e. The van der Waals surface area contributed by atoms with E-state index in [9.17, 15) is 0 Å². The minimum atomic E-state index is 0.703. The smallest absolute Gasteiger partial charge is 0.120 e. The highest BCUT2D eigenvalue weighted by atomic mass is 32.2. The third kappa shape index (κ3) is 2.81. The Balaban J connectivity index is 2.99. The molecule has 2 heteroatoms. The molecule has 1 aromatic rings. The van der Waals surface area contributed by atoms with Gasteiger partial charge in [0.15, 0.2) is 0 Å². The molecule has 1 aromatic carbocycles. The lowest BCUT2D eigenvalue weighted by Crippen LogP contribution is -1.91. The Morgan fingerprint density at radius 2 is 2.23 bits per heavy atom. The van der Waals surface area contributed by atoms with Crippen LogP contribution in [0.3, 0.4) is 0 Å². The maximum atomic E-state index is 5.43. The predicted molar refractivity (Wildman–Crippen MR) is 59.5 cm³/mol. The summed E-state index contributed by atoms with van der Waals surface area (Å²) in [6, 6.07) is 6.14. The van der Waals surface area contributed by atoms with Crippen molar-refractivity contribution >= 4 is 17.8 Å². The highest BCUT2D eigenvalue weighted by Crippen LogP contribution is 2.24. The van der Waals surface area contributed by atoms with Crippen molar-refractivity contribution in [3.63, 3.8) is 0 Å². The van der Waals surface area contributed by atoms with Crippen LogP contribution in [0.5, 0.6) is 5.75 Å². The number of ether oxygens (including phenoxy) is 1. The lowest BCUT2D eigenvalue weighted by Gasteiger charge is -2.06. The van der Waals surface area contributed by atoms with Gasteiger partial charge in [0.25, 0.3) is 0 Å². The summed E-state index contributed by atoms with van der Waals surface area (Å²) in [6.45, 7) is 6.43. The fourth-order valence-corrected chi connectivity index (χ4v) is 1.57. The molecule has 0 aromatic heterocycles. The van der Waals surface area contributed by atoms with Crippen LogP contribution in [0.2, 0.25) is 0 Å². The van der Waals surface area contributed by atoms with E-state index in [2.05, 4.69) is 18.9 Å². The predicted octanol–water partition coefficient (Wildman–Crippen LogP) is 3.45. The largest absolute Gasteiger partial charge is 0.494 e. The van der Waals surface area contributed by atoms with Crippen molar-refractivity contribution in [2.24, 2.45) is 0 Å². The zero-order valence-electron chi connectivity index (χ0n) is 8.04. The van der Waals surface area contributed by atoms with Gasteiger partial charge in [0.1, 0.15) is 5.75 Å². The van der Waals surface area contributed by atoms with E-state index in [0.29, 0.717) is 6.61 Å². The topological polar surface area (TPSA) is 9.23 Å². The lowest BCUT2D eigenvalue weighted by molar-refractivity contribution is 0.339. The van der Waals surface area contributed by atoms with Gasteiger partial charge in [-0.05, 0) is 36.9 Å². The Kier molecular flexibility index (Phi) is 3.90. The fourth-order valence-electron chi connectivity index (χ4n) is 1.08. The van der Waals surface area contributed by atoms with Crippen LogP contribution in [0.4, 0.5) is 0 Å². The SMILES string of the molecule is C=Cc1cc(OCC)cc(SC)c1. The molecule has 0 amide bonds. The van der Waals surface area contributed by atoms with Crippen LogP contribution in [0.15, 0.2) is 29.7 Å². The van der Waals surface area contributed by atoms with Crippen LogP contribution in [-0.2, 0) is 0 Å². The maximum absolute atomic E-state index is 5.43. The minimum absolute atomic E-state index is 0.703. The van der Waals surface area contributed by atoms with Gasteiger partial charge in [-0.25, -0.2) is 0 Å². The van der Waals surface area contributed by atoms with Crippen molar-refractivity contribution in [1.29, 1.82) is 0 Å². The Morgan fingerprint density at radius 1 is 1.46 bits per heavy atom. The van der Waals surface area contributed by atoms with E-state index in [1.807, 2.05) is 25.1 Å². The van der Waals surface area contributed by atoms with Crippen molar-refractivity contribution in [3.05, 3.63) is 30.3 Å². The highest BCUT2D eigenvalue weighted by molar-refractivity contribution is 7.98. The van der Waals surface area contributed by atoms with Crippen molar-refractivity contribution < 1.29 is 4.74 Å². The van der Waals surface area contributed by atoms with Crippen LogP contribution in [0, 0.1) is 0 Å². The normalized spacial score (nSPS) is 9.69. The molecule has 0 radical (unpaired) electrons. The van der Waals surface area contributed by atoms with Crippen molar-refractivity contribution in [2.75, 3.05) is 12.9 Å². The summed E-state index contributed by atoms with van der Waals surface area (Å²) in [5.41, 5.74) is 1.11. The summed E-state index contributed by atoms with van der Waals surface area (Å²) >= 11 is 1.71. The van der Waals surface area contributed by atoms with Gasteiger partial charge in [-0.1, -0.05) is 12.7 Å². The molecule has 13 heavy (non-hydrogen) atoms. The van der Waals surface area contributed by atoms with Crippen LogP contribution >= 0.6 is 11.8 Å². The Labute approximate surface area is 83.8 Å². The first kappa shape index (κ1) is 10.2. The third-order valence-electron chi connectivity index (χ3n) is 1.68. The summed E-state index contributed by atoms with van der Waals surface area (Å²) in [7, 11) is 0. The average molecular weight is 194 g/mol. The van der Waals surface area contributed by atoms with Gasteiger partial charge in [-0.15, -0.1) is 11.8 Å². The van der Waals surface area contributed by atoms with E-state index in [1.165, 1.54) is 4.90 Å². The summed E-state index contributed by atoms with van der Waals surface area (Å²) in [5, 5.41) is 0. The van der Waals surface area contributed by atoms with Gasteiger partial charge in [-0.2, -0.15) is 0 Å². The van der Waals surface area contributed by atoms with Gasteiger partial charge in [0.2, 0.25) is 0 Å². The zero-order valence-corrected chi connectivity index (χ0v) is 8.86. The molecule has 0 aliphatic carbocycles. The second-order valence-electron chi connectivity index (χ2n) is 2.58. The van der Waals surface area contributed by atoms with Gasteiger partial charge >= 0.3 is 0 Å². The summed E-state index contributed by atoms with van der Waals surface area (Å²) in [6.07, 6.45) is 3.89. The standard InChI is InChI=1S/C11H14OS/c1-4-9-6-10(12-5-2)8-11(7-9)13-3/h4,6-8H,1,5H2,2-3H3. The van der Waals surface area contributed by atoms with E-state index in [4.69, 9.17) is 4.74 Å². The Bertz CT molecular complexity index is 294. The Morgan fingerprint density at radius 3 is 2.77 bits per heavy atom. The van der Waals surface area contributed by atoms with Crippen LogP contribution in [0.1, 0.15) is 12.5 Å². The summed E-state index contributed by atoms with van der Waals surface area (Å²) in [5.74, 6) is 0.921. The molecule has 0 unspecified atom stereocenters. The molecule has 0 heterocycles. The Hall–Kier alpha value is -0.890. The average Bonchev–Trinajstić information content (AvgIpc) is 2.17. The molecule has 1 rings (SSSR count). The number of hydrogen-bond acceptors (Lipinski definition) is 2. The summed E-state index contributed by atoms with van der Waals surface area (Å²) < 4.78 is 5.43. The zero-order chi connectivity index (χ0) is 9.68.